The molecule has 4 nitrogen and oxygen atoms in total. The Morgan fingerprint density at radius 1 is 1.60 bits per heavy atom. The second-order valence-electron chi connectivity index (χ2n) is 4.26. The zero-order chi connectivity index (χ0) is 11.1. The molecule has 1 aliphatic heterocycles. The van der Waals surface area contributed by atoms with E-state index in [-0.39, 0.29) is 6.10 Å². The van der Waals surface area contributed by atoms with E-state index in [0.29, 0.717) is 12.6 Å². The SMILES string of the molecule is CCNCC(O)CN1CCCOC(C)C1. The van der Waals surface area contributed by atoms with Crippen LogP contribution in [-0.4, -0.2) is 61.5 Å². The molecular weight excluding hydrogens is 192 g/mol. The number of nitrogens with zero attached hydrogens (tertiary/aromatic N) is 1. The van der Waals surface area contributed by atoms with E-state index in [1.807, 2.05) is 0 Å². The molecule has 1 saturated heterocycles. The molecule has 0 spiro atoms. The van der Waals surface area contributed by atoms with Crippen molar-refractivity contribution in [1.82, 2.24) is 10.2 Å². The molecule has 15 heavy (non-hydrogen) atoms. The van der Waals surface area contributed by atoms with Gasteiger partial charge in [-0.2, -0.15) is 0 Å². The first-order valence-electron chi connectivity index (χ1n) is 5.95. The summed E-state index contributed by atoms with van der Waals surface area (Å²) < 4.78 is 5.56. The van der Waals surface area contributed by atoms with Gasteiger partial charge in [0.25, 0.3) is 0 Å². The van der Waals surface area contributed by atoms with Crippen LogP contribution >= 0.6 is 0 Å². The third-order valence-corrected chi connectivity index (χ3v) is 2.64. The van der Waals surface area contributed by atoms with Crippen LogP contribution in [0, 0.1) is 0 Å². The van der Waals surface area contributed by atoms with E-state index in [1.165, 1.54) is 0 Å². The van der Waals surface area contributed by atoms with Crippen molar-refractivity contribution in [3.05, 3.63) is 0 Å². The number of aliphatic hydroxyl groups excluding tert-OH is 1. The molecule has 4 heteroatoms. The van der Waals surface area contributed by atoms with Gasteiger partial charge in [-0.15, -0.1) is 0 Å². The van der Waals surface area contributed by atoms with Gasteiger partial charge < -0.3 is 15.2 Å². The van der Waals surface area contributed by atoms with Crippen LogP contribution in [0.4, 0.5) is 0 Å². The van der Waals surface area contributed by atoms with Gasteiger partial charge in [0, 0.05) is 32.8 Å². The van der Waals surface area contributed by atoms with Gasteiger partial charge in [-0.1, -0.05) is 6.92 Å². The fraction of sp³-hybridized carbons (Fsp3) is 1.00. The number of β-amino-alcohol motifs (C(OH)–C–C–N with tert-alkyl or cyclic N) is 1. The van der Waals surface area contributed by atoms with Gasteiger partial charge >= 0.3 is 0 Å². The number of likely N-dealkylation sites (N-methyl/N-ethyl adjacent to an activating group) is 1. The minimum Gasteiger partial charge on any atom is -0.390 e. The third-order valence-electron chi connectivity index (χ3n) is 2.64. The van der Waals surface area contributed by atoms with E-state index in [0.717, 1.165) is 39.2 Å². The maximum absolute atomic E-state index is 9.77. The van der Waals surface area contributed by atoms with Crippen LogP contribution in [-0.2, 0) is 4.74 Å². The van der Waals surface area contributed by atoms with E-state index in [1.54, 1.807) is 0 Å². The number of hydrogen-bond acceptors (Lipinski definition) is 4. The molecule has 90 valence electrons. The quantitative estimate of drug-likeness (QED) is 0.682. The highest BCUT2D eigenvalue weighted by Crippen LogP contribution is 2.05. The second-order valence-corrected chi connectivity index (χ2v) is 4.26. The Bertz CT molecular complexity index is 167. The average Bonchev–Trinajstić information content (AvgIpc) is 2.39. The summed E-state index contributed by atoms with van der Waals surface area (Å²) in [4.78, 5) is 2.29. The lowest BCUT2D eigenvalue weighted by atomic mass is 10.2. The van der Waals surface area contributed by atoms with Gasteiger partial charge in [0.1, 0.15) is 0 Å². The van der Waals surface area contributed by atoms with E-state index >= 15 is 0 Å². The molecule has 1 heterocycles. The zero-order valence-corrected chi connectivity index (χ0v) is 9.91. The summed E-state index contributed by atoms with van der Waals surface area (Å²) in [5.74, 6) is 0. The second kappa shape index (κ2) is 7.17. The Labute approximate surface area is 92.6 Å². The minimum absolute atomic E-state index is 0.268. The lowest BCUT2D eigenvalue weighted by Gasteiger charge is -2.24. The van der Waals surface area contributed by atoms with Gasteiger partial charge in [-0.05, 0) is 19.9 Å². The third kappa shape index (κ3) is 5.47. The van der Waals surface area contributed by atoms with Crippen molar-refractivity contribution in [3.8, 4) is 0 Å². The molecule has 0 radical (unpaired) electrons. The van der Waals surface area contributed by atoms with Gasteiger partial charge in [-0.25, -0.2) is 0 Å². The molecule has 0 aromatic carbocycles. The average molecular weight is 216 g/mol. The maximum Gasteiger partial charge on any atom is 0.0791 e. The summed E-state index contributed by atoms with van der Waals surface area (Å²) in [6, 6.07) is 0. The molecule has 0 aliphatic carbocycles. The van der Waals surface area contributed by atoms with Crippen molar-refractivity contribution >= 4 is 0 Å². The first-order valence-corrected chi connectivity index (χ1v) is 5.95. The zero-order valence-electron chi connectivity index (χ0n) is 9.91. The molecular formula is C11H24N2O2. The highest BCUT2D eigenvalue weighted by atomic mass is 16.5. The highest BCUT2D eigenvalue weighted by molar-refractivity contribution is 4.71. The monoisotopic (exact) mass is 216 g/mol. The number of ether oxygens (including phenoxy) is 1. The Hall–Kier alpha value is -0.160. The number of aliphatic hydroxyl groups is 1. The summed E-state index contributed by atoms with van der Waals surface area (Å²) >= 11 is 0. The summed E-state index contributed by atoms with van der Waals surface area (Å²) in [5, 5.41) is 12.9. The molecule has 0 amide bonds. The summed E-state index contributed by atoms with van der Waals surface area (Å²) in [5.41, 5.74) is 0. The van der Waals surface area contributed by atoms with E-state index in [2.05, 4.69) is 24.1 Å². The number of hydrogen-bond donors (Lipinski definition) is 2. The summed E-state index contributed by atoms with van der Waals surface area (Å²) in [6.07, 6.45) is 1.09. The van der Waals surface area contributed by atoms with Crippen molar-refractivity contribution in [2.24, 2.45) is 0 Å². The molecule has 2 unspecified atom stereocenters. The van der Waals surface area contributed by atoms with Crippen molar-refractivity contribution in [1.29, 1.82) is 0 Å². The minimum atomic E-state index is -0.268. The maximum atomic E-state index is 9.77. The van der Waals surface area contributed by atoms with Gasteiger partial charge in [0.15, 0.2) is 0 Å². The fourth-order valence-electron chi connectivity index (χ4n) is 1.92. The Morgan fingerprint density at radius 2 is 2.40 bits per heavy atom. The van der Waals surface area contributed by atoms with Crippen molar-refractivity contribution in [3.63, 3.8) is 0 Å². The Kier molecular flexibility index (Phi) is 6.17. The lowest BCUT2D eigenvalue weighted by Crippen LogP contribution is -2.40. The van der Waals surface area contributed by atoms with Crippen LogP contribution in [0.2, 0.25) is 0 Å². The van der Waals surface area contributed by atoms with Crippen molar-refractivity contribution < 1.29 is 9.84 Å². The molecule has 1 rings (SSSR count). The van der Waals surface area contributed by atoms with E-state index < -0.39 is 0 Å². The van der Waals surface area contributed by atoms with Gasteiger partial charge in [0.05, 0.1) is 12.2 Å². The standard InChI is InChI=1S/C11H24N2O2/c1-3-12-7-11(14)9-13-5-4-6-15-10(2)8-13/h10-12,14H,3-9H2,1-2H3. The Balaban J connectivity index is 2.22. The summed E-state index contributed by atoms with van der Waals surface area (Å²) in [7, 11) is 0. The number of rotatable bonds is 5. The van der Waals surface area contributed by atoms with Crippen LogP contribution in [0.5, 0.6) is 0 Å². The predicted octanol–water partition coefficient (Wildman–Crippen LogP) is 0.0676. The normalized spacial score (nSPS) is 26.2. The van der Waals surface area contributed by atoms with E-state index in [4.69, 9.17) is 4.74 Å². The first-order chi connectivity index (χ1) is 7.22. The van der Waals surface area contributed by atoms with Crippen LogP contribution in [0.3, 0.4) is 0 Å². The van der Waals surface area contributed by atoms with Crippen molar-refractivity contribution in [2.45, 2.75) is 32.5 Å². The predicted molar refractivity (Wildman–Crippen MR) is 61.0 cm³/mol. The smallest absolute Gasteiger partial charge is 0.0791 e. The Morgan fingerprint density at radius 3 is 3.13 bits per heavy atom. The van der Waals surface area contributed by atoms with Crippen LogP contribution in [0.25, 0.3) is 0 Å². The van der Waals surface area contributed by atoms with Crippen molar-refractivity contribution in [2.75, 3.05) is 39.3 Å². The molecule has 0 bridgehead atoms. The summed E-state index contributed by atoms with van der Waals surface area (Å²) in [6.45, 7) is 9.31. The van der Waals surface area contributed by atoms with Gasteiger partial charge in [0.2, 0.25) is 0 Å². The molecule has 1 aliphatic rings. The molecule has 0 aromatic rings. The molecule has 0 aromatic heterocycles. The number of nitrogens with one attached hydrogen (secondary N) is 1. The van der Waals surface area contributed by atoms with E-state index in [9.17, 15) is 5.11 Å². The van der Waals surface area contributed by atoms with Gasteiger partial charge in [-0.3, -0.25) is 4.90 Å². The molecule has 1 fully saturated rings. The highest BCUT2D eigenvalue weighted by Gasteiger charge is 2.17. The lowest BCUT2D eigenvalue weighted by molar-refractivity contribution is 0.0564. The largest absolute Gasteiger partial charge is 0.390 e. The molecule has 2 atom stereocenters. The molecule has 0 saturated carbocycles. The van der Waals surface area contributed by atoms with Crippen LogP contribution in [0.1, 0.15) is 20.3 Å². The molecule has 2 N–H and O–H groups in total. The first kappa shape index (κ1) is 12.9. The van der Waals surface area contributed by atoms with Crippen LogP contribution in [0.15, 0.2) is 0 Å². The fourth-order valence-corrected chi connectivity index (χ4v) is 1.92. The topological polar surface area (TPSA) is 44.7 Å². The van der Waals surface area contributed by atoms with Crippen LogP contribution < -0.4 is 5.32 Å².